The van der Waals surface area contributed by atoms with Gasteiger partial charge in [0, 0.05) is 13.6 Å². The van der Waals surface area contributed by atoms with Gasteiger partial charge in [0.15, 0.2) is 11.2 Å². The molecule has 1 aliphatic rings. The molecule has 0 fully saturated rings. The maximum atomic E-state index is 13.0. The Morgan fingerprint density at radius 3 is 2.64 bits per heavy atom. The number of aromatic nitrogens is 4. The molecule has 0 spiro atoms. The molecule has 0 amide bonds. The van der Waals surface area contributed by atoms with Crippen LogP contribution in [0, 0.1) is 0 Å². The SMILES string of the molecule is C=CCN1N=C(C)[C@@H](C)n2c1nc1c2c(=O)n(C/C=C/C)c(=O)n1C. The lowest BCUT2D eigenvalue weighted by atomic mass is 10.2. The molecule has 3 rings (SSSR count). The second kappa shape index (κ2) is 6.19. The molecule has 8 nitrogen and oxygen atoms in total. The first-order valence-electron chi connectivity index (χ1n) is 8.18. The lowest BCUT2D eigenvalue weighted by molar-refractivity contribution is 0.638. The van der Waals surface area contributed by atoms with Crippen molar-refractivity contribution in [2.24, 2.45) is 12.1 Å². The number of aryl methyl sites for hydroxylation is 1. The van der Waals surface area contributed by atoms with Crippen molar-refractivity contribution in [3.63, 3.8) is 0 Å². The molecule has 0 radical (unpaired) electrons. The Kier molecular flexibility index (Phi) is 4.20. The highest BCUT2D eigenvalue weighted by Gasteiger charge is 2.29. The van der Waals surface area contributed by atoms with E-state index in [1.54, 1.807) is 24.2 Å². The predicted molar refractivity (Wildman–Crippen MR) is 99.4 cm³/mol. The van der Waals surface area contributed by atoms with Gasteiger partial charge in [0.25, 0.3) is 5.56 Å². The van der Waals surface area contributed by atoms with Gasteiger partial charge >= 0.3 is 5.69 Å². The Morgan fingerprint density at radius 1 is 1.28 bits per heavy atom. The van der Waals surface area contributed by atoms with Gasteiger partial charge in [0.1, 0.15) is 0 Å². The molecule has 1 atom stereocenters. The molecule has 0 unspecified atom stereocenters. The highest BCUT2D eigenvalue weighted by Crippen LogP contribution is 2.29. The minimum Gasteiger partial charge on any atom is -0.294 e. The van der Waals surface area contributed by atoms with Gasteiger partial charge < -0.3 is 0 Å². The van der Waals surface area contributed by atoms with E-state index in [1.165, 1.54) is 9.13 Å². The summed E-state index contributed by atoms with van der Waals surface area (Å²) in [6, 6.07) is -0.124. The van der Waals surface area contributed by atoms with Crippen molar-refractivity contribution >= 4 is 22.8 Å². The number of nitrogens with zero attached hydrogens (tertiary/aromatic N) is 6. The van der Waals surface area contributed by atoms with Crippen LogP contribution in [0.25, 0.3) is 11.2 Å². The lowest BCUT2D eigenvalue weighted by Gasteiger charge is -2.28. The van der Waals surface area contributed by atoms with Crippen molar-refractivity contribution in [2.75, 3.05) is 11.6 Å². The third-order valence-electron chi connectivity index (χ3n) is 4.48. The molecule has 0 saturated carbocycles. The monoisotopic (exact) mass is 342 g/mol. The molecule has 25 heavy (non-hydrogen) atoms. The smallest absolute Gasteiger partial charge is 0.294 e. The number of imidazole rings is 1. The molecule has 0 aromatic carbocycles. The first kappa shape index (κ1) is 16.9. The van der Waals surface area contributed by atoms with E-state index in [0.29, 0.717) is 23.7 Å². The molecule has 2 aromatic rings. The van der Waals surface area contributed by atoms with E-state index < -0.39 is 0 Å². The first-order valence-corrected chi connectivity index (χ1v) is 8.18. The van der Waals surface area contributed by atoms with Crippen molar-refractivity contribution in [3.05, 3.63) is 45.6 Å². The van der Waals surface area contributed by atoms with Gasteiger partial charge in [-0.1, -0.05) is 18.2 Å². The molecule has 132 valence electrons. The van der Waals surface area contributed by atoms with Crippen LogP contribution in [-0.4, -0.2) is 30.9 Å². The molecule has 8 heteroatoms. The molecule has 3 heterocycles. The fourth-order valence-electron chi connectivity index (χ4n) is 3.00. The quantitative estimate of drug-likeness (QED) is 0.787. The van der Waals surface area contributed by atoms with Crippen molar-refractivity contribution in [1.29, 1.82) is 0 Å². The van der Waals surface area contributed by atoms with Crippen LogP contribution in [0.15, 0.2) is 39.5 Å². The number of allylic oxidation sites excluding steroid dienone is 2. The van der Waals surface area contributed by atoms with Crippen molar-refractivity contribution in [2.45, 2.75) is 33.4 Å². The van der Waals surface area contributed by atoms with Crippen LogP contribution in [0.3, 0.4) is 0 Å². The second-order valence-electron chi connectivity index (χ2n) is 6.07. The maximum Gasteiger partial charge on any atom is 0.332 e. The van der Waals surface area contributed by atoms with Crippen LogP contribution in [0.1, 0.15) is 26.8 Å². The van der Waals surface area contributed by atoms with Gasteiger partial charge in [-0.3, -0.25) is 18.5 Å². The minimum absolute atomic E-state index is 0.124. The summed E-state index contributed by atoms with van der Waals surface area (Å²) in [5.41, 5.74) is 0.925. The lowest BCUT2D eigenvalue weighted by Crippen LogP contribution is -2.40. The number of hydrogen-bond acceptors (Lipinski definition) is 5. The van der Waals surface area contributed by atoms with Crippen molar-refractivity contribution < 1.29 is 0 Å². The van der Waals surface area contributed by atoms with Crippen LogP contribution in [0.4, 0.5) is 5.95 Å². The Labute approximate surface area is 145 Å². The van der Waals surface area contributed by atoms with Gasteiger partial charge in [-0.2, -0.15) is 10.1 Å². The zero-order valence-electron chi connectivity index (χ0n) is 14.9. The topological polar surface area (TPSA) is 77.4 Å². The molecule has 2 aromatic heterocycles. The molecule has 0 aliphatic carbocycles. The summed E-state index contributed by atoms with van der Waals surface area (Å²) in [5, 5.41) is 6.23. The van der Waals surface area contributed by atoms with E-state index in [1.807, 2.05) is 31.4 Å². The Bertz CT molecular complexity index is 1020. The van der Waals surface area contributed by atoms with Crippen molar-refractivity contribution in [1.82, 2.24) is 18.7 Å². The van der Waals surface area contributed by atoms with Crippen molar-refractivity contribution in [3.8, 4) is 0 Å². The standard InChI is InChI=1S/C17H22N6O2/c1-6-8-10-21-15(24)13-14(20(5)17(21)25)18-16-22(9-7-2)19-11(3)12(4)23(13)16/h6-8,12H,2,9-10H2,1,3-5H3/b8-6+/t12-/m1/s1. The summed E-state index contributed by atoms with van der Waals surface area (Å²) in [7, 11) is 1.63. The fourth-order valence-corrected chi connectivity index (χ4v) is 3.00. The fraction of sp³-hybridized carbons (Fsp3) is 0.412. The van der Waals surface area contributed by atoms with Gasteiger partial charge in [-0.15, -0.1) is 6.58 Å². The van der Waals surface area contributed by atoms with Crippen LogP contribution < -0.4 is 16.3 Å². The Morgan fingerprint density at radius 2 is 2.00 bits per heavy atom. The van der Waals surface area contributed by atoms with E-state index in [9.17, 15) is 9.59 Å². The van der Waals surface area contributed by atoms with E-state index in [2.05, 4.69) is 16.7 Å². The predicted octanol–water partition coefficient (Wildman–Crippen LogP) is 1.42. The van der Waals surface area contributed by atoms with E-state index in [4.69, 9.17) is 0 Å². The Hall–Kier alpha value is -2.90. The molecule has 0 bridgehead atoms. The number of fused-ring (bicyclic) bond motifs is 3. The molecule has 0 saturated heterocycles. The highest BCUT2D eigenvalue weighted by molar-refractivity contribution is 5.91. The average molecular weight is 342 g/mol. The zero-order chi connectivity index (χ0) is 18.3. The Balaban J connectivity index is 2.40. The highest BCUT2D eigenvalue weighted by atomic mass is 16.2. The summed E-state index contributed by atoms with van der Waals surface area (Å²) < 4.78 is 4.50. The molecular formula is C17H22N6O2. The average Bonchev–Trinajstić information content (AvgIpc) is 2.99. The minimum atomic E-state index is -0.383. The van der Waals surface area contributed by atoms with Crippen LogP contribution >= 0.6 is 0 Å². The second-order valence-corrected chi connectivity index (χ2v) is 6.07. The van der Waals surface area contributed by atoms with Crippen LogP contribution in [0.5, 0.6) is 0 Å². The van der Waals surface area contributed by atoms with Crippen LogP contribution in [0.2, 0.25) is 0 Å². The molecule has 1 aliphatic heterocycles. The van der Waals surface area contributed by atoms with E-state index >= 15 is 0 Å². The molecular weight excluding hydrogens is 320 g/mol. The van der Waals surface area contributed by atoms with E-state index in [-0.39, 0.29) is 23.8 Å². The molecule has 0 N–H and O–H groups in total. The maximum absolute atomic E-state index is 13.0. The number of anilines is 1. The summed E-state index contributed by atoms with van der Waals surface area (Å²) in [4.78, 5) is 30.1. The normalized spacial score (nSPS) is 17.2. The zero-order valence-corrected chi connectivity index (χ0v) is 14.9. The number of hydrogen-bond donors (Lipinski definition) is 0. The van der Waals surface area contributed by atoms with Crippen LogP contribution in [-0.2, 0) is 13.6 Å². The van der Waals surface area contributed by atoms with Gasteiger partial charge in [0.05, 0.1) is 18.3 Å². The summed E-state index contributed by atoms with van der Waals surface area (Å²) in [6.07, 6.45) is 5.31. The summed E-state index contributed by atoms with van der Waals surface area (Å²) >= 11 is 0. The van der Waals surface area contributed by atoms with Gasteiger partial charge in [-0.25, -0.2) is 9.80 Å². The summed E-state index contributed by atoms with van der Waals surface area (Å²) in [6.45, 7) is 10.2. The third kappa shape index (κ3) is 2.45. The first-order chi connectivity index (χ1) is 11.9. The summed E-state index contributed by atoms with van der Waals surface area (Å²) in [5.74, 6) is 0.545. The number of rotatable bonds is 4. The number of hydrazone groups is 1. The largest absolute Gasteiger partial charge is 0.332 e. The van der Waals surface area contributed by atoms with E-state index in [0.717, 1.165) is 5.71 Å². The van der Waals surface area contributed by atoms with Gasteiger partial charge in [0.2, 0.25) is 5.95 Å². The van der Waals surface area contributed by atoms with Gasteiger partial charge in [-0.05, 0) is 20.8 Å². The third-order valence-corrected chi connectivity index (χ3v) is 4.48.